The second-order valence-corrected chi connectivity index (χ2v) is 4.57. The molecule has 0 radical (unpaired) electrons. The average Bonchev–Trinajstić information content (AvgIpc) is 2.37. The summed E-state index contributed by atoms with van der Waals surface area (Å²) in [5.41, 5.74) is 8.50. The summed E-state index contributed by atoms with van der Waals surface area (Å²) >= 11 is 0. The minimum Gasteiger partial charge on any atom is -0.352 e. The van der Waals surface area contributed by atoms with Gasteiger partial charge >= 0.3 is 0 Å². The third-order valence-electron chi connectivity index (χ3n) is 2.36. The molecule has 1 heterocycles. The molecule has 0 aliphatic carbocycles. The molecule has 0 bridgehead atoms. The lowest BCUT2D eigenvalue weighted by atomic mass is 10.3. The molecular weight excluding hydrogens is 260 g/mol. The van der Waals surface area contributed by atoms with Crippen LogP contribution in [0.1, 0.15) is 34.1 Å². The van der Waals surface area contributed by atoms with Gasteiger partial charge in [0, 0.05) is 18.0 Å². The lowest BCUT2D eigenvalue weighted by molar-refractivity contribution is 0.0498. The molecule has 110 valence electrons. The van der Waals surface area contributed by atoms with Gasteiger partial charge in [-0.15, -0.1) is 0 Å². The number of hydrogen-bond acceptors (Lipinski definition) is 7. The van der Waals surface area contributed by atoms with Crippen LogP contribution in [0.3, 0.4) is 0 Å². The molecule has 0 aliphatic rings. The Bertz CT molecular complexity index is 485. The summed E-state index contributed by atoms with van der Waals surface area (Å²) in [6.45, 7) is 7.87. The van der Waals surface area contributed by atoms with Crippen molar-refractivity contribution in [2.75, 3.05) is 17.4 Å². The van der Waals surface area contributed by atoms with Crippen molar-refractivity contribution < 1.29 is 4.84 Å². The fourth-order valence-electron chi connectivity index (χ4n) is 1.29. The molecule has 1 aromatic heterocycles. The first-order valence-corrected chi connectivity index (χ1v) is 6.44. The Balaban J connectivity index is 3.04. The lowest BCUT2D eigenvalue weighted by Crippen LogP contribution is -2.26. The van der Waals surface area contributed by atoms with Crippen molar-refractivity contribution in [1.82, 2.24) is 15.0 Å². The third kappa shape index (κ3) is 4.87. The van der Waals surface area contributed by atoms with Crippen LogP contribution in [0, 0.1) is 0 Å². The molecule has 9 heteroatoms. The average molecular weight is 280 g/mol. The number of hydrogen-bond donors (Lipinski definition) is 1. The van der Waals surface area contributed by atoms with E-state index in [2.05, 4.69) is 30.3 Å². The van der Waals surface area contributed by atoms with E-state index >= 15 is 0 Å². The number of rotatable bonds is 7. The summed E-state index contributed by atoms with van der Waals surface area (Å²) in [7, 11) is 1.69. The fourth-order valence-corrected chi connectivity index (χ4v) is 1.29. The molecule has 0 spiro atoms. The molecule has 20 heavy (non-hydrogen) atoms. The van der Waals surface area contributed by atoms with Gasteiger partial charge in [0.05, 0.1) is 6.10 Å². The number of nitrogens with one attached hydrogen (secondary N) is 1. The summed E-state index contributed by atoms with van der Waals surface area (Å²) in [6.07, 6.45) is 0.886. The van der Waals surface area contributed by atoms with Gasteiger partial charge in [-0.25, -0.2) is 5.06 Å². The smallest absolute Gasteiger partial charge is 0.254 e. The van der Waals surface area contributed by atoms with Crippen molar-refractivity contribution in [3.63, 3.8) is 0 Å². The zero-order valence-corrected chi connectivity index (χ0v) is 12.4. The van der Waals surface area contributed by atoms with E-state index in [0.717, 1.165) is 6.42 Å². The van der Waals surface area contributed by atoms with Gasteiger partial charge in [-0.1, -0.05) is 6.92 Å². The predicted octanol–water partition coefficient (Wildman–Crippen LogP) is 2.80. The Kier molecular flexibility index (Phi) is 5.95. The van der Waals surface area contributed by atoms with Crippen molar-refractivity contribution in [3.05, 3.63) is 10.4 Å². The molecule has 0 saturated heterocycles. The van der Waals surface area contributed by atoms with E-state index in [9.17, 15) is 0 Å². The normalized spacial score (nSPS) is 11.9. The maximum Gasteiger partial charge on any atom is 0.254 e. The summed E-state index contributed by atoms with van der Waals surface area (Å²) in [4.78, 5) is 20.6. The highest BCUT2D eigenvalue weighted by atomic mass is 16.7. The molecular formula is C11H20N8O. The largest absolute Gasteiger partial charge is 0.352 e. The van der Waals surface area contributed by atoms with E-state index in [1.807, 2.05) is 27.7 Å². The number of nitrogens with zero attached hydrogens (tertiary/aromatic N) is 7. The third-order valence-corrected chi connectivity index (χ3v) is 2.36. The lowest BCUT2D eigenvalue weighted by Gasteiger charge is -2.21. The summed E-state index contributed by atoms with van der Waals surface area (Å²) in [5.74, 6) is 0.623. The SMILES string of the molecule is CCC(C)ON(C)c1nc(N=[N+]=[N-])nc(NC(C)C)n1. The summed E-state index contributed by atoms with van der Waals surface area (Å²) < 4.78 is 0. The monoisotopic (exact) mass is 280 g/mol. The van der Waals surface area contributed by atoms with Crippen molar-refractivity contribution in [2.24, 2.45) is 5.11 Å². The molecule has 0 amide bonds. The summed E-state index contributed by atoms with van der Waals surface area (Å²) in [6, 6.07) is 0.143. The number of azide groups is 1. The fraction of sp³-hybridized carbons (Fsp3) is 0.727. The van der Waals surface area contributed by atoms with Crippen LogP contribution >= 0.6 is 0 Å². The number of aromatic nitrogens is 3. The van der Waals surface area contributed by atoms with Gasteiger partial charge in [0.1, 0.15) is 0 Å². The molecule has 1 rings (SSSR count). The minimum atomic E-state index is 0.000233. The van der Waals surface area contributed by atoms with Gasteiger partial charge < -0.3 is 5.32 Å². The van der Waals surface area contributed by atoms with Gasteiger partial charge in [0.25, 0.3) is 5.95 Å². The number of anilines is 2. The first-order chi connectivity index (χ1) is 9.46. The Morgan fingerprint density at radius 1 is 1.35 bits per heavy atom. The van der Waals surface area contributed by atoms with Crippen molar-refractivity contribution >= 4 is 17.8 Å². The van der Waals surface area contributed by atoms with Gasteiger partial charge in [0.2, 0.25) is 11.9 Å². The van der Waals surface area contributed by atoms with Crippen LogP contribution in [-0.4, -0.2) is 34.1 Å². The Hall–Kier alpha value is -2.12. The van der Waals surface area contributed by atoms with Crippen molar-refractivity contribution in [3.8, 4) is 0 Å². The van der Waals surface area contributed by atoms with Crippen LogP contribution in [-0.2, 0) is 4.84 Å². The zero-order valence-electron chi connectivity index (χ0n) is 12.4. The van der Waals surface area contributed by atoms with Crippen molar-refractivity contribution in [2.45, 2.75) is 46.3 Å². The van der Waals surface area contributed by atoms with E-state index in [4.69, 9.17) is 10.4 Å². The van der Waals surface area contributed by atoms with Crippen molar-refractivity contribution in [1.29, 1.82) is 0 Å². The van der Waals surface area contributed by atoms with Crippen LogP contribution in [0.2, 0.25) is 0 Å². The van der Waals surface area contributed by atoms with Gasteiger partial charge in [-0.3, -0.25) is 4.84 Å². The quantitative estimate of drug-likeness (QED) is 0.355. The Morgan fingerprint density at radius 2 is 2.05 bits per heavy atom. The molecule has 0 aromatic carbocycles. The molecule has 9 nitrogen and oxygen atoms in total. The highest BCUT2D eigenvalue weighted by Crippen LogP contribution is 2.16. The molecule has 0 aliphatic heterocycles. The molecule has 0 fully saturated rings. The first kappa shape index (κ1) is 15.9. The maximum absolute atomic E-state index is 8.50. The minimum absolute atomic E-state index is 0.000233. The van der Waals surface area contributed by atoms with Crippen LogP contribution in [0.5, 0.6) is 0 Å². The second kappa shape index (κ2) is 7.46. The zero-order chi connectivity index (χ0) is 15.1. The van der Waals surface area contributed by atoms with Crippen LogP contribution < -0.4 is 10.4 Å². The van der Waals surface area contributed by atoms with Gasteiger partial charge in [0.15, 0.2) is 0 Å². The Morgan fingerprint density at radius 3 is 2.60 bits per heavy atom. The van der Waals surface area contributed by atoms with Gasteiger partial charge in [-0.2, -0.15) is 15.0 Å². The highest BCUT2D eigenvalue weighted by Gasteiger charge is 2.13. The van der Waals surface area contributed by atoms with Gasteiger partial charge in [-0.05, 0) is 37.8 Å². The molecule has 1 N–H and O–H groups in total. The topological polar surface area (TPSA) is 112 Å². The predicted molar refractivity (Wildman–Crippen MR) is 76.6 cm³/mol. The molecule has 1 unspecified atom stereocenters. The van der Waals surface area contributed by atoms with E-state index in [-0.39, 0.29) is 24.0 Å². The van der Waals surface area contributed by atoms with Crippen LogP contribution in [0.4, 0.5) is 17.8 Å². The maximum atomic E-state index is 8.50. The first-order valence-electron chi connectivity index (χ1n) is 6.44. The standard InChI is InChI=1S/C11H20N8O/c1-6-8(4)20-19(5)11-15-9(13-7(2)3)14-10(16-11)17-18-12/h7-8H,6H2,1-5H3,(H,13,14,15,16). The van der Waals surface area contributed by atoms with Crippen LogP contribution in [0.15, 0.2) is 5.11 Å². The van der Waals surface area contributed by atoms with E-state index in [1.165, 1.54) is 5.06 Å². The van der Waals surface area contributed by atoms with E-state index in [0.29, 0.717) is 5.95 Å². The van der Waals surface area contributed by atoms with E-state index in [1.54, 1.807) is 7.05 Å². The number of hydroxylamine groups is 1. The Labute approximate surface area is 118 Å². The van der Waals surface area contributed by atoms with Crippen LogP contribution in [0.25, 0.3) is 10.4 Å². The molecule has 0 saturated carbocycles. The van der Waals surface area contributed by atoms with E-state index < -0.39 is 0 Å². The molecule has 1 atom stereocenters. The highest BCUT2D eigenvalue weighted by molar-refractivity contribution is 5.39. The molecule has 1 aromatic rings. The summed E-state index contributed by atoms with van der Waals surface area (Å²) in [5, 5.41) is 7.89. The second-order valence-electron chi connectivity index (χ2n) is 4.57.